The first-order valence-corrected chi connectivity index (χ1v) is 4.53. The van der Waals surface area contributed by atoms with Crippen LogP contribution in [-0.4, -0.2) is 22.7 Å². The molecule has 2 heterocycles. The molecule has 0 aliphatic carbocycles. The van der Waals surface area contributed by atoms with Gasteiger partial charge in [0.1, 0.15) is 11.6 Å². The van der Waals surface area contributed by atoms with Gasteiger partial charge in [0.15, 0.2) is 0 Å². The van der Waals surface area contributed by atoms with Gasteiger partial charge in [-0.2, -0.15) is 0 Å². The van der Waals surface area contributed by atoms with Crippen LogP contribution in [0.5, 0.6) is 0 Å². The van der Waals surface area contributed by atoms with Crippen molar-refractivity contribution in [2.75, 3.05) is 12.3 Å². The summed E-state index contributed by atoms with van der Waals surface area (Å²) in [5.41, 5.74) is 5.54. The molecule has 0 saturated carbocycles. The number of ether oxygens (including phenoxy) is 1. The molecular formula is C9H13N3O. The predicted molar refractivity (Wildman–Crippen MR) is 49.1 cm³/mol. The van der Waals surface area contributed by atoms with Crippen LogP contribution >= 0.6 is 0 Å². The molecule has 13 heavy (non-hydrogen) atoms. The SMILES string of the molecule is Nc1ccnc(C[C@@H]2CCCO2)n1. The Kier molecular flexibility index (Phi) is 2.40. The van der Waals surface area contributed by atoms with Crippen molar-refractivity contribution in [3.8, 4) is 0 Å². The Balaban J connectivity index is 2.00. The summed E-state index contributed by atoms with van der Waals surface area (Å²) < 4.78 is 5.48. The number of aromatic nitrogens is 2. The third-order valence-electron chi connectivity index (χ3n) is 2.16. The Morgan fingerprint density at radius 3 is 3.23 bits per heavy atom. The number of nitrogens with zero attached hydrogens (tertiary/aromatic N) is 2. The summed E-state index contributed by atoms with van der Waals surface area (Å²) in [5.74, 6) is 1.31. The summed E-state index contributed by atoms with van der Waals surface area (Å²) in [6.45, 7) is 0.868. The third kappa shape index (κ3) is 2.15. The second-order valence-electron chi connectivity index (χ2n) is 3.24. The van der Waals surface area contributed by atoms with Gasteiger partial charge in [0.25, 0.3) is 0 Å². The molecule has 4 nitrogen and oxygen atoms in total. The van der Waals surface area contributed by atoms with Gasteiger partial charge < -0.3 is 10.5 Å². The molecule has 70 valence electrons. The third-order valence-corrected chi connectivity index (χ3v) is 2.16. The van der Waals surface area contributed by atoms with Gasteiger partial charge in [-0.3, -0.25) is 0 Å². The maximum absolute atomic E-state index is 5.54. The van der Waals surface area contributed by atoms with Crippen LogP contribution in [0.4, 0.5) is 5.82 Å². The van der Waals surface area contributed by atoms with E-state index in [-0.39, 0.29) is 0 Å². The molecule has 1 aromatic rings. The van der Waals surface area contributed by atoms with Gasteiger partial charge in [-0.1, -0.05) is 0 Å². The largest absolute Gasteiger partial charge is 0.384 e. The zero-order valence-corrected chi connectivity index (χ0v) is 7.44. The van der Waals surface area contributed by atoms with Crippen LogP contribution < -0.4 is 5.73 Å². The zero-order chi connectivity index (χ0) is 9.10. The van der Waals surface area contributed by atoms with Crippen LogP contribution in [0.1, 0.15) is 18.7 Å². The van der Waals surface area contributed by atoms with E-state index in [9.17, 15) is 0 Å². The highest BCUT2D eigenvalue weighted by Crippen LogP contribution is 2.15. The smallest absolute Gasteiger partial charge is 0.133 e. The van der Waals surface area contributed by atoms with Crippen molar-refractivity contribution in [2.24, 2.45) is 0 Å². The fourth-order valence-corrected chi connectivity index (χ4v) is 1.52. The van der Waals surface area contributed by atoms with Gasteiger partial charge in [0, 0.05) is 19.2 Å². The predicted octanol–water partition coefficient (Wildman–Crippen LogP) is 0.780. The molecule has 1 aromatic heterocycles. The average molecular weight is 179 g/mol. The van der Waals surface area contributed by atoms with Crippen molar-refractivity contribution < 1.29 is 4.74 Å². The highest BCUT2D eigenvalue weighted by molar-refractivity contribution is 5.25. The highest BCUT2D eigenvalue weighted by atomic mass is 16.5. The molecule has 2 N–H and O–H groups in total. The molecule has 1 atom stereocenters. The van der Waals surface area contributed by atoms with E-state index in [1.54, 1.807) is 12.3 Å². The summed E-state index contributed by atoms with van der Waals surface area (Å²) in [6.07, 6.45) is 5.02. The molecule has 0 bridgehead atoms. The minimum atomic E-state index is 0.293. The number of nitrogen functional groups attached to an aromatic ring is 1. The summed E-state index contributed by atoms with van der Waals surface area (Å²) in [7, 11) is 0. The Bertz CT molecular complexity index is 284. The molecule has 1 aliphatic rings. The second kappa shape index (κ2) is 3.70. The summed E-state index contributed by atoms with van der Waals surface area (Å²) >= 11 is 0. The van der Waals surface area contributed by atoms with Gasteiger partial charge >= 0.3 is 0 Å². The standard InChI is InChI=1S/C9H13N3O/c10-8-3-4-11-9(12-8)6-7-2-1-5-13-7/h3-4,7H,1-2,5-6H2,(H2,10,11,12)/t7-/m0/s1. The number of rotatable bonds is 2. The van der Waals surface area contributed by atoms with Crippen molar-refractivity contribution >= 4 is 5.82 Å². The quantitative estimate of drug-likeness (QED) is 0.728. The van der Waals surface area contributed by atoms with Crippen LogP contribution in [0.25, 0.3) is 0 Å². The number of nitrogens with two attached hydrogens (primary N) is 1. The van der Waals surface area contributed by atoms with Crippen molar-refractivity contribution in [3.05, 3.63) is 18.1 Å². The summed E-state index contributed by atoms with van der Waals surface area (Å²) in [5, 5.41) is 0. The summed E-state index contributed by atoms with van der Waals surface area (Å²) in [4.78, 5) is 8.26. The monoisotopic (exact) mass is 179 g/mol. The first-order chi connectivity index (χ1) is 6.34. The van der Waals surface area contributed by atoms with Gasteiger partial charge in [-0.15, -0.1) is 0 Å². The van der Waals surface area contributed by atoms with Crippen LogP contribution in [0.2, 0.25) is 0 Å². The van der Waals surface area contributed by atoms with Gasteiger partial charge in [-0.25, -0.2) is 9.97 Å². The van der Waals surface area contributed by atoms with Crippen LogP contribution in [-0.2, 0) is 11.2 Å². The molecule has 0 unspecified atom stereocenters. The average Bonchev–Trinajstić information content (AvgIpc) is 2.57. The van der Waals surface area contributed by atoms with E-state index in [0.29, 0.717) is 11.9 Å². The molecule has 0 radical (unpaired) electrons. The number of hydrogen-bond acceptors (Lipinski definition) is 4. The molecule has 2 rings (SSSR count). The fraction of sp³-hybridized carbons (Fsp3) is 0.556. The Labute approximate surface area is 77.1 Å². The van der Waals surface area contributed by atoms with Crippen molar-refractivity contribution in [3.63, 3.8) is 0 Å². The van der Waals surface area contributed by atoms with E-state index in [1.165, 1.54) is 0 Å². The molecule has 0 aromatic carbocycles. The maximum Gasteiger partial charge on any atom is 0.133 e. The molecule has 4 heteroatoms. The molecule has 0 amide bonds. The minimum absolute atomic E-state index is 0.293. The van der Waals surface area contributed by atoms with E-state index >= 15 is 0 Å². The van der Waals surface area contributed by atoms with E-state index in [4.69, 9.17) is 10.5 Å². The second-order valence-corrected chi connectivity index (χ2v) is 3.24. The first kappa shape index (κ1) is 8.44. The van der Waals surface area contributed by atoms with Gasteiger partial charge in [0.05, 0.1) is 6.10 Å². The minimum Gasteiger partial charge on any atom is -0.384 e. The van der Waals surface area contributed by atoms with Crippen LogP contribution in [0.3, 0.4) is 0 Å². The topological polar surface area (TPSA) is 61.0 Å². The Morgan fingerprint density at radius 2 is 2.54 bits per heavy atom. The lowest BCUT2D eigenvalue weighted by molar-refractivity contribution is 0.110. The van der Waals surface area contributed by atoms with Crippen LogP contribution in [0.15, 0.2) is 12.3 Å². The molecular weight excluding hydrogens is 166 g/mol. The van der Waals surface area contributed by atoms with Crippen molar-refractivity contribution in [1.29, 1.82) is 0 Å². The van der Waals surface area contributed by atoms with E-state index in [0.717, 1.165) is 31.7 Å². The molecule has 1 saturated heterocycles. The van der Waals surface area contributed by atoms with Gasteiger partial charge in [0.2, 0.25) is 0 Å². The molecule has 0 spiro atoms. The van der Waals surface area contributed by atoms with E-state index in [1.807, 2.05) is 0 Å². The maximum atomic E-state index is 5.54. The van der Waals surface area contributed by atoms with Crippen molar-refractivity contribution in [2.45, 2.75) is 25.4 Å². The molecule has 1 fully saturated rings. The lowest BCUT2D eigenvalue weighted by Gasteiger charge is -2.07. The highest BCUT2D eigenvalue weighted by Gasteiger charge is 2.16. The number of hydrogen-bond donors (Lipinski definition) is 1. The van der Waals surface area contributed by atoms with Gasteiger partial charge in [-0.05, 0) is 18.9 Å². The van der Waals surface area contributed by atoms with E-state index in [2.05, 4.69) is 9.97 Å². The van der Waals surface area contributed by atoms with E-state index < -0.39 is 0 Å². The number of anilines is 1. The normalized spacial score (nSPS) is 22.0. The Hall–Kier alpha value is -1.16. The first-order valence-electron chi connectivity index (χ1n) is 4.53. The van der Waals surface area contributed by atoms with Crippen molar-refractivity contribution in [1.82, 2.24) is 9.97 Å². The van der Waals surface area contributed by atoms with Crippen LogP contribution in [0, 0.1) is 0 Å². The zero-order valence-electron chi connectivity index (χ0n) is 7.44. The molecule has 1 aliphatic heterocycles. The Morgan fingerprint density at radius 1 is 1.62 bits per heavy atom. The lowest BCUT2D eigenvalue weighted by atomic mass is 10.2. The fourth-order valence-electron chi connectivity index (χ4n) is 1.52. The summed E-state index contributed by atoms with van der Waals surface area (Å²) in [6, 6.07) is 1.69. The lowest BCUT2D eigenvalue weighted by Crippen LogP contribution is -2.12.